The van der Waals surface area contributed by atoms with E-state index in [9.17, 15) is 13.0 Å². The maximum Gasteiger partial charge on any atom is 0.294 e. The molecule has 4 rings (SSSR count). The Labute approximate surface area is 188 Å². The van der Waals surface area contributed by atoms with Crippen LogP contribution < -0.4 is 0 Å². The van der Waals surface area contributed by atoms with Crippen molar-refractivity contribution in [3.8, 4) is 11.1 Å². The second kappa shape index (κ2) is 9.60. The van der Waals surface area contributed by atoms with Gasteiger partial charge in [-0.1, -0.05) is 115 Å². The Kier molecular flexibility index (Phi) is 6.45. The fourth-order valence-corrected chi connectivity index (χ4v) is 3.84. The summed E-state index contributed by atoms with van der Waals surface area (Å²) < 4.78 is 31.7. The molecule has 1 N–H and O–H groups in total. The van der Waals surface area contributed by atoms with Gasteiger partial charge in [0.15, 0.2) is 0 Å². The molecule has 4 aromatic rings. The maximum atomic E-state index is 11.3. The van der Waals surface area contributed by atoms with E-state index < -0.39 is 10.1 Å². The van der Waals surface area contributed by atoms with Gasteiger partial charge < -0.3 is 0 Å². The Bertz CT molecular complexity index is 1350. The zero-order valence-electron chi connectivity index (χ0n) is 17.3. The Balaban J connectivity index is 1.44. The van der Waals surface area contributed by atoms with Gasteiger partial charge in [0.25, 0.3) is 10.1 Å². The lowest BCUT2D eigenvalue weighted by molar-refractivity contribution is 0.483. The van der Waals surface area contributed by atoms with Crippen LogP contribution >= 0.6 is 0 Å². The molecular weight excluding hydrogens is 416 g/mol. The molecule has 0 amide bonds. The molecule has 4 aromatic carbocycles. The van der Waals surface area contributed by atoms with E-state index >= 15 is 0 Å². The molecule has 0 radical (unpaired) electrons. The maximum absolute atomic E-state index is 11.3. The topological polar surface area (TPSA) is 54.4 Å². The normalized spacial score (nSPS) is 11.9. The van der Waals surface area contributed by atoms with Crippen LogP contribution in [0.5, 0.6) is 0 Å². The third-order valence-electron chi connectivity index (χ3n) is 5.05. The van der Waals surface area contributed by atoms with Gasteiger partial charge in [-0.2, -0.15) is 8.42 Å². The minimum atomic E-state index is -4.20. The molecule has 0 fully saturated rings. The second-order valence-corrected chi connectivity index (χ2v) is 8.79. The van der Waals surface area contributed by atoms with E-state index in [-0.39, 0.29) is 4.90 Å². The number of hydrogen-bond acceptors (Lipinski definition) is 2. The zero-order valence-corrected chi connectivity index (χ0v) is 18.1. The number of rotatable bonds is 6. The van der Waals surface area contributed by atoms with Crippen molar-refractivity contribution in [3.05, 3.63) is 125 Å². The molecule has 0 spiro atoms. The molecule has 0 saturated heterocycles. The first kappa shape index (κ1) is 21.5. The summed E-state index contributed by atoms with van der Waals surface area (Å²) in [5.41, 5.74) is 6.26. The van der Waals surface area contributed by atoms with Gasteiger partial charge in [-0.05, 0) is 45.5 Å². The first-order valence-electron chi connectivity index (χ1n) is 10.2. The van der Waals surface area contributed by atoms with Gasteiger partial charge in [0.05, 0.1) is 4.90 Å². The molecular formula is C28H22O3S. The Morgan fingerprint density at radius 1 is 0.500 bits per heavy atom. The van der Waals surface area contributed by atoms with Crippen LogP contribution in [0.1, 0.15) is 22.3 Å². The SMILES string of the molecule is O=S(=O)(O)c1cccc(/C=C/c2ccc(-c3ccc(/C=C/c4ccccc4)cc3)cc2)c1. The molecule has 0 atom stereocenters. The van der Waals surface area contributed by atoms with Crippen molar-refractivity contribution in [2.75, 3.05) is 0 Å². The highest BCUT2D eigenvalue weighted by Crippen LogP contribution is 2.22. The van der Waals surface area contributed by atoms with Crippen molar-refractivity contribution < 1.29 is 13.0 Å². The van der Waals surface area contributed by atoms with Crippen LogP contribution in [0.2, 0.25) is 0 Å². The molecule has 0 bridgehead atoms. The largest absolute Gasteiger partial charge is 0.294 e. The third kappa shape index (κ3) is 5.70. The van der Waals surface area contributed by atoms with E-state index in [1.807, 2.05) is 42.5 Å². The molecule has 0 saturated carbocycles. The summed E-state index contributed by atoms with van der Waals surface area (Å²) in [4.78, 5) is -0.114. The van der Waals surface area contributed by atoms with Gasteiger partial charge >= 0.3 is 0 Å². The molecule has 4 heteroatoms. The quantitative estimate of drug-likeness (QED) is 0.262. The molecule has 158 valence electrons. The van der Waals surface area contributed by atoms with Crippen molar-refractivity contribution in [1.82, 2.24) is 0 Å². The first-order valence-corrected chi connectivity index (χ1v) is 11.6. The van der Waals surface area contributed by atoms with E-state index in [4.69, 9.17) is 0 Å². The zero-order chi connectivity index (χ0) is 22.4. The molecule has 0 aliphatic rings. The van der Waals surface area contributed by atoms with E-state index in [1.54, 1.807) is 12.1 Å². The summed E-state index contributed by atoms with van der Waals surface area (Å²) in [7, 11) is -4.20. The van der Waals surface area contributed by atoms with Crippen molar-refractivity contribution in [3.63, 3.8) is 0 Å². The van der Waals surface area contributed by atoms with E-state index in [0.717, 1.165) is 22.3 Å². The van der Waals surface area contributed by atoms with Crippen LogP contribution in [0.4, 0.5) is 0 Å². The van der Waals surface area contributed by atoms with Crippen LogP contribution in [0, 0.1) is 0 Å². The summed E-state index contributed by atoms with van der Waals surface area (Å²) in [6, 6.07) is 33.0. The molecule has 0 aromatic heterocycles. The van der Waals surface area contributed by atoms with Crippen LogP contribution in [-0.2, 0) is 10.1 Å². The molecule has 0 aliphatic heterocycles. The lowest BCUT2D eigenvalue weighted by Gasteiger charge is -2.04. The van der Waals surface area contributed by atoms with Crippen molar-refractivity contribution in [2.24, 2.45) is 0 Å². The average Bonchev–Trinajstić information content (AvgIpc) is 2.82. The van der Waals surface area contributed by atoms with E-state index in [0.29, 0.717) is 5.56 Å². The molecule has 0 unspecified atom stereocenters. The van der Waals surface area contributed by atoms with Gasteiger partial charge in [-0.15, -0.1) is 0 Å². The summed E-state index contributed by atoms with van der Waals surface area (Å²) in [6.07, 6.45) is 7.92. The highest BCUT2D eigenvalue weighted by Gasteiger charge is 2.08. The van der Waals surface area contributed by atoms with Crippen molar-refractivity contribution >= 4 is 34.4 Å². The molecule has 3 nitrogen and oxygen atoms in total. The third-order valence-corrected chi connectivity index (χ3v) is 5.90. The smallest absolute Gasteiger partial charge is 0.282 e. The van der Waals surface area contributed by atoms with Crippen LogP contribution in [0.15, 0.2) is 108 Å². The van der Waals surface area contributed by atoms with E-state index in [2.05, 4.69) is 60.7 Å². The highest BCUT2D eigenvalue weighted by atomic mass is 32.2. The van der Waals surface area contributed by atoms with Crippen molar-refractivity contribution in [2.45, 2.75) is 4.90 Å². The minimum Gasteiger partial charge on any atom is -0.282 e. The van der Waals surface area contributed by atoms with Gasteiger partial charge in [0.2, 0.25) is 0 Å². The van der Waals surface area contributed by atoms with Crippen LogP contribution in [0.25, 0.3) is 35.4 Å². The predicted molar refractivity (Wildman–Crippen MR) is 132 cm³/mol. The second-order valence-electron chi connectivity index (χ2n) is 7.37. The van der Waals surface area contributed by atoms with E-state index in [1.165, 1.54) is 17.7 Å². The van der Waals surface area contributed by atoms with Crippen LogP contribution in [0.3, 0.4) is 0 Å². The standard InChI is InChI=1S/C28H22O3S/c29-32(30,31)28-8-4-7-25(21-28)12-11-24-15-19-27(20-16-24)26-17-13-23(14-18-26)10-9-22-5-2-1-3-6-22/h1-21H,(H,29,30,31)/b10-9+,12-11+. The van der Waals surface area contributed by atoms with Crippen molar-refractivity contribution in [1.29, 1.82) is 0 Å². The molecule has 0 heterocycles. The predicted octanol–water partition coefficient (Wildman–Crippen LogP) is 6.94. The fraction of sp³-hybridized carbons (Fsp3) is 0. The molecule has 0 aliphatic carbocycles. The monoisotopic (exact) mass is 438 g/mol. The summed E-state index contributed by atoms with van der Waals surface area (Å²) in [5, 5.41) is 0. The number of benzene rings is 4. The fourth-order valence-electron chi connectivity index (χ4n) is 3.30. The minimum absolute atomic E-state index is 0.114. The Hall–Kier alpha value is -3.73. The Morgan fingerprint density at radius 2 is 0.938 bits per heavy atom. The average molecular weight is 439 g/mol. The summed E-state index contributed by atoms with van der Waals surface area (Å²) >= 11 is 0. The molecule has 32 heavy (non-hydrogen) atoms. The van der Waals surface area contributed by atoms with Gasteiger partial charge in [-0.3, -0.25) is 4.55 Å². The summed E-state index contributed by atoms with van der Waals surface area (Å²) in [5.74, 6) is 0. The summed E-state index contributed by atoms with van der Waals surface area (Å²) in [6.45, 7) is 0. The lowest BCUT2D eigenvalue weighted by atomic mass is 10.0. The van der Waals surface area contributed by atoms with Crippen LogP contribution in [-0.4, -0.2) is 13.0 Å². The first-order chi connectivity index (χ1) is 15.5. The van der Waals surface area contributed by atoms with Gasteiger partial charge in [0.1, 0.15) is 0 Å². The van der Waals surface area contributed by atoms with Gasteiger partial charge in [0, 0.05) is 0 Å². The highest BCUT2D eigenvalue weighted by molar-refractivity contribution is 7.85. The van der Waals surface area contributed by atoms with Gasteiger partial charge in [-0.25, -0.2) is 0 Å². The number of hydrogen-bond donors (Lipinski definition) is 1. The Morgan fingerprint density at radius 3 is 1.44 bits per heavy atom. The lowest BCUT2D eigenvalue weighted by Crippen LogP contribution is -1.97.